The number of ether oxygens (including phenoxy) is 1. The summed E-state index contributed by atoms with van der Waals surface area (Å²) in [5.41, 5.74) is 2.98. The Balaban J connectivity index is 1.92. The van der Waals surface area contributed by atoms with Crippen molar-refractivity contribution in [2.45, 2.75) is 12.3 Å². The fourth-order valence-corrected chi connectivity index (χ4v) is 4.99. The molecule has 1 N–H and O–H groups in total. The summed E-state index contributed by atoms with van der Waals surface area (Å²) in [6.45, 7) is 2.38. The highest BCUT2D eigenvalue weighted by Gasteiger charge is 2.47. The molecule has 0 heterocycles. The summed E-state index contributed by atoms with van der Waals surface area (Å²) in [5, 5.41) is 33.4. The molecular formula is C27H20N2O6. The third-order valence-corrected chi connectivity index (χ3v) is 6.42. The molecule has 1 aliphatic rings. The van der Waals surface area contributed by atoms with Crippen LogP contribution in [-0.2, 0) is 5.41 Å². The average Bonchev–Trinajstić information content (AvgIpc) is 3.15. The molecule has 8 heteroatoms. The second kappa shape index (κ2) is 8.25. The molecule has 8 nitrogen and oxygen atoms in total. The van der Waals surface area contributed by atoms with E-state index in [1.165, 1.54) is 36.4 Å². The van der Waals surface area contributed by atoms with Gasteiger partial charge < -0.3 is 9.84 Å². The minimum Gasteiger partial charge on any atom is -0.508 e. The van der Waals surface area contributed by atoms with Crippen LogP contribution in [-0.4, -0.2) is 21.6 Å². The number of rotatable bonds is 6. The van der Waals surface area contributed by atoms with Gasteiger partial charge >= 0.3 is 0 Å². The van der Waals surface area contributed by atoms with Crippen molar-refractivity contribution in [3.05, 3.63) is 127 Å². The Kier molecular flexibility index (Phi) is 5.21. The summed E-state index contributed by atoms with van der Waals surface area (Å²) in [6, 6.07) is 23.2. The molecule has 0 saturated carbocycles. The van der Waals surface area contributed by atoms with Crippen molar-refractivity contribution < 1.29 is 19.7 Å². The van der Waals surface area contributed by atoms with Crippen LogP contribution in [0.25, 0.3) is 11.1 Å². The minimum absolute atomic E-state index is 0.0622. The molecule has 4 aromatic carbocycles. The molecule has 0 aliphatic heterocycles. The molecule has 4 aromatic rings. The summed E-state index contributed by atoms with van der Waals surface area (Å²) >= 11 is 0. The molecule has 0 aromatic heterocycles. The van der Waals surface area contributed by atoms with Gasteiger partial charge in [0.05, 0.1) is 21.9 Å². The molecule has 0 radical (unpaired) electrons. The van der Waals surface area contributed by atoms with Crippen LogP contribution in [0.5, 0.6) is 11.5 Å². The molecule has 0 atom stereocenters. The Morgan fingerprint density at radius 3 is 1.63 bits per heavy atom. The summed E-state index contributed by atoms with van der Waals surface area (Å²) in [6.07, 6.45) is 0. The lowest BCUT2D eigenvalue weighted by molar-refractivity contribution is -0.385. The Labute approximate surface area is 200 Å². The van der Waals surface area contributed by atoms with E-state index in [1.807, 2.05) is 31.2 Å². The standard InChI is InChI=1S/C27H20N2O6/c1-2-35-22-11-5-18(6-12-22)27(17-3-9-21(30)10-4-17)25-15-19(28(31)32)7-13-23(25)24-14-8-20(29(33)34)16-26(24)27/h3-16,30H,2H2,1H3. The van der Waals surface area contributed by atoms with Crippen LogP contribution in [0.4, 0.5) is 11.4 Å². The third kappa shape index (κ3) is 3.38. The predicted octanol–water partition coefficient (Wildman–Crippen LogP) is 5.97. The van der Waals surface area contributed by atoms with Crippen molar-refractivity contribution in [1.29, 1.82) is 0 Å². The number of fused-ring (bicyclic) bond motifs is 3. The first-order chi connectivity index (χ1) is 16.9. The highest BCUT2D eigenvalue weighted by atomic mass is 16.6. The first-order valence-electron chi connectivity index (χ1n) is 11.0. The van der Waals surface area contributed by atoms with Crippen LogP contribution >= 0.6 is 0 Å². The van der Waals surface area contributed by atoms with Crippen LogP contribution in [0, 0.1) is 20.2 Å². The Morgan fingerprint density at radius 1 is 0.743 bits per heavy atom. The quantitative estimate of drug-likeness (QED) is 0.242. The summed E-state index contributed by atoms with van der Waals surface area (Å²) in [5.74, 6) is 0.723. The van der Waals surface area contributed by atoms with Crippen molar-refractivity contribution in [2.24, 2.45) is 0 Å². The first-order valence-corrected chi connectivity index (χ1v) is 11.0. The maximum atomic E-state index is 11.7. The fourth-order valence-electron chi connectivity index (χ4n) is 4.99. The Morgan fingerprint density at radius 2 is 1.20 bits per heavy atom. The molecule has 0 saturated heterocycles. The molecule has 5 rings (SSSR count). The fraction of sp³-hybridized carbons (Fsp3) is 0.111. The molecular weight excluding hydrogens is 448 g/mol. The maximum absolute atomic E-state index is 11.7. The number of benzene rings is 4. The lowest BCUT2D eigenvalue weighted by atomic mass is 9.67. The minimum atomic E-state index is -1.10. The molecule has 0 amide bonds. The van der Waals surface area contributed by atoms with Gasteiger partial charge in [-0.1, -0.05) is 24.3 Å². The predicted molar refractivity (Wildman–Crippen MR) is 130 cm³/mol. The Bertz CT molecular complexity index is 1400. The largest absolute Gasteiger partial charge is 0.508 e. The zero-order chi connectivity index (χ0) is 24.7. The number of phenols is 1. The van der Waals surface area contributed by atoms with Gasteiger partial charge in [0.15, 0.2) is 0 Å². The van der Waals surface area contributed by atoms with E-state index in [-0.39, 0.29) is 17.1 Å². The van der Waals surface area contributed by atoms with Crippen molar-refractivity contribution in [1.82, 2.24) is 0 Å². The zero-order valence-electron chi connectivity index (χ0n) is 18.7. The lowest BCUT2D eigenvalue weighted by Crippen LogP contribution is -2.28. The van der Waals surface area contributed by atoms with Crippen LogP contribution < -0.4 is 4.74 Å². The van der Waals surface area contributed by atoms with E-state index < -0.39 is 15.3 Å². The van der Waals surface area contributed by atoms with E-state index in [1.54, 1.807) is 24.3 Å². The van der Waals surface area contributed by atoms with Gasteiger partial charge in [0.2, 0.25) is 0 Å². The molecule has 0 unspecified atom stereocenters. The van der Waals surface area contributed by atoms with Crippen molar-refractivity contribution >= 4 is 11.4 Å². The summed E-state index contributed by atoms with van der Waals surface area (Å²) in [4.78, 5) is 22.6. The van der Waals surface area contributed by atoms with Crippen LogP contribution in [0.3, 0.4) is 0 Å². The van der Waals surface area contributed by atoms with E-state index in [0.717, 1.165) is 16.7 Å². The van der Waals surface area contributed by atoms with Crippen LogP contribution in [0.1, 0.15) is 29.2 Å². The van der Waals surface area contributed by atoms with E-state index in [9.17, 15) is 25.3 Å². The zero-order valence-corrected chi connectivity index (χ0v) is 18.7. The van der Waals surface area contributed by atoms with Gasteiger partial charge in [0.25, 0.3) is 11.4 Å². The van der Waals surface area contributed by atoms with Gasteiger partial charge in [-0.25, -0.2) is 0 Å². The average molecular weight is 468 g/mol. The first kappa shape index (κ1) is 22.1. The number of hydrogen-bond acceptors (Lipinski definition) is 6. The molecule has 0 bridgehead atoms. The number of nitro benzene ring substituents is 2. The molecule has 35 heavy (non-hydrogen) atoms. The van der Waals surface area contributed by atoms with Gasteiger partial charge in [0.1, 0.15) is 11.5 Å². The highest BCUT2D eigenvalue weighted by molar-refractivity contribution is 5.88. The third-order valence-electron chi connectivity index (χ3n) is 6.42. The lowest BCUT2D eigenvalue weighted by Gasteiger charge is -2.33. The van der Waals surface area contributed by atoms with Crippen molar-refractivity contribution in [2.75, 3.05) is 6.61 Å². The molecule has 174 valence electrons. The summed E-state index contributed by atoms with van der Waals surface area (Å²) in [7, 11) is 0. The van der Waals surface area contributed by atoms with Gasteiger partial charge in [-0.3, -0.25) is 20.2 Å². The highest BCUT2D eigenvalue weighted by Crippen LogP contribution is 2.57. The number of nitrogens with zero attached hydrogens (tertiary/aromatic N) is 2. The molecule has 0 fully saturated rings. The number of aromatic hydroxyl groups is 1. The van der Waals surface area contributed by atoms with Crippen molar-refractivity contribution in [3.63, 3.8) is 0 Å². The smallest absolute Gasteiger partial charge is 0.269 e. The number of hydrogen-bond donors (Lipinski definition) is 1. The van der Waals surface area contributed by atoms with Gasteiger partial charge in [-0.15, -0.1) is 0 Å². The van der Waals surface area contributed by atoms with E-state index in [2.05, 4.69) is 0 Å². The van der Waals surface area contributed by atoms with Crippen LogP contribution in [0.2, 0.25) is 0 Å². The van der Waals surface area contributed by atoms with Gasteiger partial charge in [0, 0.05) is 24.3 Å². The second-order valence-electron chi connectivity index (χ2n) is 8.23. The summed E-state index contributed by atoms with van der Waals surface area (Å²) < 4.78 is 5.61. The molecule has 0 spiro atoms. The van der Waals surface area contributed by atoms with Gasteiger partial charge in [-0.2, -0.15) is 0 Å². The second-order valence-corrected chi connectivity index (χ2v) is 8.23. The van der Waals surface area contributed by atoms with E-state index in [4.69, 9.17) is 4.74 Å². The number of nitro groups is 2. The van der Waals surface area contributed by atoms with E-state index >= 15 is 0 Å². The monoisotopic (exact) mass is 468 g/mol. The number of non-ortho nitro benzene ring substituents is 2. The topological polar surface area (TPSA) is 116 Å². The number of phenolic OH excluding ortho intramolecular Hbond substituents is 1. The van der Waals surface area contributed by atoms with Crippen LogP contribution in [0.15, 0.2) is 84.9 Å². The SMILES string of the molecule is CCOc1ccc(C2(c3ccc(O)cc3)c3cc([N+](=O)[O-])ccc3-c3ccc([N+](=O)[O-])cc32)cc1. The Hall–Kier alpha value is -4.72. The van der Waals surface area contributed by atoms with Gasteiger partial charge in [-0.05, 0) is 76.7 Å². The normalized spacial score (nSPS) is 13.1. The molecule has 1 aliphatic carbocycles. The van der Waals surface area contributed by atoms with E-state index in [0.29, 0.717) is 29.0 Å². The maximum Gasteiger partial charge on any atom is 0.269 e. The van der Waals surface area contributed by atoms with Crippen molar-refractivity contribution in [3.8, 4) is 22.6 Å².